The molecule has 1 saturated carbocycles. The summed E-state index contributed by atoms with van der Waals surface area (Å²) in [6.07, 6.45) is 3.21. The Morgan fingerprint density at radius 2 is 2.00 bits per heavy atom. The number of benzene rings is 1. The van der Waals surface area contributed by atoms with Crippen LogP contribution in [0.5, 0.6) is 5.75 Å². The molecule has 0 saturated heterocycles. The summed E-state index contributed by atoms with van der Waals surface area (Å²) in [5, 5.41) is 0. The lowest BCUT2D eigenvalue weighted by Gasteiger charge is -2.33. The largest absolute Gasteiger partial charge is 0.490 e. The summed E-state index contributed by atoms with van der Waals surface area (Å²) in [6.45, 7) is 0. The average Bonchev–Trinajstić information content (AvgIpc) is 2.46. The summed E-state index contributed by atoms with van der Waals surface area (Å²) >= 11 is 0. The van der Waals surface area contributed by atoms with Gasteiger partial charge in [-0.2, -0.15) is 0 Å². The second-order valence-electron chi connectivity index (χ2n) is 5.09. The van der Waals surface area contributed by atoms with Gasteiger partial charge in [0.25, 0.3) is 0 Å². The molecular formula is C15H20FNO3. The first-order valence-corrected chi connectivity index (χ1v) is 6.83. The van der Waals surface area contributed by atoms with Gasteiger partial charge in [-0.3, -0.25) is 0 Å². The van der Waals surface area contributed by atoms with Crippen LogP contribution < -0.4 is 4.74 Å². The fourth-order valence-corrected chi connectivity index (χ4v) is 2.58. The maximum atomic E-state index is 13.1. The van der Waals surface area contributed by atoms with Gasteiger partial charge in [0.05, 0.1) is 13.2 Å². The van der Waals surface area contributed by atoms with Crippen molar-refractivity contribution in [3.05, 3.63) is 30.1 Å². The number of carbonyl (C=O) groups excluding carboxylic acids is 1. The van der Waals surface area contributed by atoms with Crippen LogP contribution in [-0.4, -0.2) is 37.3 Å². The Morgan fingerprint density at radius 3 is 2.60 bits per heavy atom. The summed E-state index contributed by atoms with van der Waals surface area (Å²) in [5.74, 6) is 0.274. The van der Waals surface area contributed by atoms with Gasteiger partial charge >= 0.3 is 6.09 Å². The second-order valence-corrected chi connectivity index (χ2v) is 5.09. The number of carbonyl (C=O) groups is 1. The Morgan fingerprint density at radius 1 is 1.30 bits per heavy atom. The minimum Gasteiger partial charge on any atom is -0.490 e. The van der Waals surface area contributed by atoms with E-state index in [2.05, 4.69) is 0 Å². The number of amides is 1. The summed E-state index contributed by atoms with van der Waals surface area (Å²) in [7, 11) is 3.14. The van der Waals surface area contributed by atoms with E-state index in [1.54, 1.807) is 24.1 Å². The summed E-state index contributed by atoms with van der Waals surface area (Å²) in [4.78, 5) is 13.1. The molecule has 0 aliphatic heterocycles. The Hall–Kier alpha value is -1.78. The van der Waals surface area contributed by atoms with Crippen molar-refractivity contribution in [2.75, 3.05) is 14.2 Å². The van der Waals surface area contributed by atoms with Crippen molar-refractivity contribution < 1.29 is 18.7 Å². The first-order chi connectivity index (χ1) is 9.60. The van der Waals surface area contributed by atoms with Crippen molar-refractivity contribution in [2.45, 2.75) is 37.8 Å². The van der Waals surface area contributed by atoms with Gasteiger partial charge in [-0.05, 0) is 37.8 Å². The number of rotatable bonds is 3. The maximum absolute atomic E-state index is 13.1. The van der Waals surface area contributed by atoms with Crippen LogP contribution in [0.25, 0.3) is 0 Å². The number of halogens is 1. The fourth-order valence-electron chi connectivity index (χ4n) is 2.58. The number of ether oxygens (including phenoxy) is 2. The van der Waals surface area contributed by atoms with E-state index in [1.165, 1.54) is 19.2 Å². The van der Waals surface area contributed by atoms with Gasteiger partial charge in [0.2, 0.25) is 0 Å². The third kappa shape index (κ3) is 3.62. The van der Waals surface area contributed by atoms with Gasteiger partial charge in [0.1, 0.15) is 11.6 Å². The van der Waals surface area contributed by atoms with Crippen LogP contribution >= 0.6 is 0 Å². The van der Waals surface area contributed by atoms with Gasteiger partial charge in [-0.1, -0.05) is 6.07 Å². The maximum Gasteiger partial charge on any atom is 0.409 e. The lowest BCUT2D eigenvalue weighted by Crippen LogP contribution is -2.41. The van der Waals surface area contributed by atoms with Crippen LogP contribution in [0.3, 0.4) is 0 Å². The topological polar surface area (TPSA) is 38.8 Å². The zero-order valence-corrected chi connectivity index (χ0v) is 11.8. The Balaban J connectivity index is 1.84. The molecule has 1 fully saturated rings. The molecule has 2 rings (SSSR count). The SMILES string of the molecule is COC(=O)N(C)C1CCC(Oc2cccc(F)c2)CC1. The lowest BCUT2D eigenvalue weighted by molar-refractivity contribution is 0.0809. The highest BCUT2D eigenvalue weighted by molar-refractivity contribution is 5.67. The third-order valence-electron chi connectivity index (χ3n) is 3.75. The molecule has 0 unspecified atom stereocenters. The fraction of sp³-hybridized carbons (Fsp3) is 0.533. The third-order valence-corrected chi connectivity index (χ3v) is 3.75. The van der Waals surface area contributed by atoms with Crippen molar-refractivity contribution in [1.82, 2.24) is 4.90 Å². The average molecular weight is 281 g/mol. The molecule has 0 N–H and O–H groups in total. The highest BCUT2D eigenvalue weighted by Crippen LogP contribution is 2.26. The van der Waals surface area contributed by atoms with Crippen LogP contribution in [0.2, 0.25) is 0 Å². The summed E-state index contributed by atoms with van der Waals surface area (Å²) in [5.41, 5.74) is 0. The van der Waals surface area contributed by atoms with Gasteiger partial charge < -0.3 is 14.4 Å². The molecule has 0 bridgehead atoms. The zero-order valence-electron chi connectivity index (χ0n) is 11.8. The van der Waals surface area contributed by atoms with Crippen molar-refractivity contribution >= 4 is 6.09 Å². The van der Waals surface area contributed by atoms with E-state index in [9.17, 15) is 9.18 Å². The van der Waals surface area contributed by atoms with Crippen LogP contribution in [0, 0.1) is 5.82 Å². The lowest BCUT2D eigenvalue weighted by atomic mass is 9.92. The predicted octanol–water partition coefficient (Wildman–Crippen LogP) is 3.21. The van der Waals surface area contributed by atoms with Gasteiger partial charge in [0.15, 0.2) is 0 Å². The predicted molar refractivity (Wildman–Crippen MR) is 73.2 cm³/mol. The first-order valence-electron chi connectivity index (χ1n) is 6.83. The number of nitrogens with zero attached hydrogens (tertiary/aromatic N) is 1. The highest BCUT2D eigenvalue weighted by atomic mass is 19.1. The number of methoxy groups -OCH3 is 1. The molecule has 5 heteroatoms. The van der Waals surface area contributed by atoms with Gasteiger partial charge in [0, 0.05) is 19.2 Å². The Bertz CT molecular complexity index is 458. The van der Waals surface area contributed by atoms with Crippen molar-refractivity contribution in [3.8, 4) is 5.75 Å². The van der Waals surface area contributed by atoms with Crippen molar-refractivity contribution in [3.63, 3.8) is 0 Å². The zero-order chi connectivity index (χ0) is 14.5. The van der Waals surface area contributed by atoms with E-state index in [4.69, 9.17) is 9.47 Å². The van der Waals surface area contributed by atoms with Crippen molar-refractivity contribution in [1.29, 1.82) is 0 Å². The smallest absolute Gasteiger partial charge is 0.409 e. The van der Waals surface area contributed by atoms with E-state index in [0.717, 1.165) is 25.7 Å². The summed E-state index contributed by atoms with van der Waals surface area (Å²) in [6, 6.07) is 6.38. The molecule has 1 aromatic carbocycles. The highest BCUT2D eigenvalue weighted by Gasteiger charge is 2.27. The van der Waals surface area contributed by atoms with Crippen molar-refractivity contribution in [2.24, 2.45) is 0 Å². The van der Waals surface area contributed by atoms with E-state index < -0.39 is 0 Å². The van der Waals surface area contributed by atoms with Crippen LogP contribution in [0.15, 0.2) is 24.3 Å². The van der Waals surface area contributed by atoms with E-state index in [-0.39, 0.29) is 24.1 Å². The number of hydrogen-bond donors (Lipinski definition) is 0. The normalized spacial score (nSPS) is 22.1. The standard InChI is InChI=1S/C15H20FNO3/c1-17(15(18)19-2)12-6-8-13(9-7-12)20-14-5-3-4-11(16)10-14/h3-5,10,12-13H,6-9H2,1-2H3. The van der Waals surface area contributed by atoms with Gasteiger partial charge in [-0.25, -0.2) is 9.18 Å². The molecule has 1 aliphatic rings. The van der Waals surface area contributed by atoms with E-state index in [1.807, 2.05) is 0 Å². The minimum atomic E-state index is -0.306. The van der Waals surface area contributed by atoms with Crippen LogP contribution in [0.1, 0.15) is 25.7 Å². The van der Waals surface area contributed by atoms with Crippen LogP contribution in [-0.2, 0) is 4.74 Å². The van der Waals surface area contributed by atoms with E-state index >= 15 is 0 Å². The first kappa shape index (κ1) is 14.6. The molecule has 1 amide bonds. The molecule has 0 atom stereocenters. The van der Waals surface area contributed by atoms with Crippen LogP contribution in [0.4, 0.5) is 9.18 Å². The molecule has 0 spiro atoms. The Labute approximate surface area is 118 Å². The minimum absolute atomic E-state index is 0.0825. The molecular weight excluding hydrogens is 261 g/mol. The van der Waals surface area contributed by atoms with E-state index in [0.29, 0.717) is 5.75 Å². The molecule has 0 aromatic heterocycles. The molecule has 1 aromatic rings. The molecule has 1 aliphatic carbocycles. The molecule has 110 valence electrons. The van der Waals surface area contributed by atoms with Gasteiger partial charge in [-0.15, -0.1) is 0 Å². The Kier molecular flexibility index (Phi) is 4.82. The second kappa shape index (κ2) is 6.59. The monoisotopic (exact) mass is 281 g/mol. The molecule has 4 nitrogen and oxygen atoms in total. The quantitative estimate of drug-likeness (QED) is 0.854. The summed E-state index contributed by atoms with van der Waals surface area (Å²) < 4.78 is 23.6. The molecule has 0 heterocycles. The molecule has 20 heavy (non-hydrogen) atoms. The number of hydrogen-bond acceptors (Lipinski definition) is 3. The molecule has 0 radical (unpaired) electrons.